The summed E-state index contributed by atoms with van der Waals surface area (Å²) < 4.78 is 6.20. The fourth-order valence-electron chi connectivity index (χ4n) is 4.50. The number of ether oxygens (including phenoxy) is 1. The minimum atomic E-state index is -0.283. The van der Waals surface area contributed by atoms with Gasteiger partial charge in [-0.2, -0.15) is 0 Å². The normalized spacial score (nSPS) is 32.7. The average Bonchev–Trinajstić information content (AvgIpc) is 3.27. The van der Waals surface area contributed by atoms with Crippen LogP contribution < -0.4 is 0 Å². The Balaban J connectivity index is 1.95. The van der Waals surface area contributed by atoms with Crippen LogP contribution in [-0.2, 0) is 4.74 Å². The topological polar surface area (TPSA) is 53.0 Å². The number of fused-ring (bicyclic) bond motifs is 1. The van der Waals surface area contributed by atoms with Crippen LogP contribution >= 0.6 is 0 Å². The molecule has 164 valence electrons. The van der Waals surface area contributed by atoms with Crippen molar-refractivity contribution in [2.45, 2.75) is 71.7 Å². The second-order valence-electron chi connectivity index (χ2n) is 9.41. The molecule has 0 radical (unpaired) electrons. The maximum atomic E-state index is 10.2. The van der Waals surface area contributed by atoms with Crippen molar-refractivity contribution < 1.29 is 14.9 Å². The summed E-state index contributed by atoms with van der Waals surface area (Å²) in [7, 11) is 0. The van der Waals surface area contributed by atoms with E-state index in [9.17, 15) is 5.11 Å². The average molecular weight is 411 g/mol. The van der Waals surface area contributed by atoms with Gasteiger partial charge in [-0.15, -0.1) is 0 Å². The van der Waals surface area contributed by atoms with Crippen LogP contribution in [0.3, 0.4) is 0 Å². The number of allylic oxidation sites excluding steroid dienone is 12. The highest BCUT2D eigenvalue weighted by molar-refractivity contribution is 5.36. The number of aliphatic hydroxyl groups excluding tert-OH is 2. The Morgan fingerprint density at radius 2 is 1.43 bits per heavy atom. The van der Waals surface area contributed by atoms with E-state index in [1.54, 1.807) is 6.08 Å². The highest BCUT2D eigenvalue weighted by Crippen LogP contribution is 2.66. The number of epoxide rings is 1. The molecule has 2 fully saturated rings. The van der Waals surface area contributed by atoms with Crippen molar-refractivity contribution in [2.24, 2.45) is 5.41 Å². The first-order valence-corrected chi connectivity index (χ1v) is 10.8. The molecule has 1 heterocycles. The summed E-state index contributed by atoms with van der Waals surface area (Å²) in [5.41, 5.74) is 2.80. The number of hydrogen-bond acceptors (Lipinski definition) is 3. The zero-order valence-corrected chi connectivity index (χ0v) is 19.4. The van der Waals surface area contributed by atoms with Crippen molar-refractivity contribution in [3.8, 4) is 0 Å². The Morgan fingerprint density at radius 3 is 2.03 bits per heavy atom. The van der Waals surface area contributed by atoms with Crippen LogP contribution in [0.1, 0.15) is 54.4 Å². The molecule has 2 rings (SSSR count). The van der Waals surface area contributed by atoms with Gasteiger partial charge in [0.15, 0.2) is 0 Å². The molecule has 0 amide bonds. The Kier molecular flexibility index (Phi) is 8.04. The molecule has 2 N–H and O–H groups in total. The lowest BCUT2D eigenvalue weighted by molar-refractivity contribution is 0.0515. The van der Waals surface area contributed by atoms with Gasteiger partial charge >= 0.3 is 0 Å². The van der Waals surface area contributed by atoms with Gasteiger partial charge in [0.2, 0.25) is 0 Å². The highest BCUT2D eigenvalue weighted by Gasteiger charge is 2.74. The summed E-state index contributed by atoms with van der Waals surface area (Å²) in [6, 6.07) is 0. The molecule has 2 aliphatic rings. The van der Waals surface area contributed by atoms with Crippen molar-refractivity contribution in [3.05, 3.63) is 83.6 Å². The summed E-state index contributed by atoms with van der Waals surface area (Å²) in [4.78, 5) is 0. The van der Waals surface area contributed by atoms with Gasteiger partial charge in [-0.3, -0.25) is 0 Å². The van der Waals surface area contributed by atoms with Crippen molar-refractivity contribution in [1.82, 2.24) is 0 Å². The molecule has 0 aromatic heterocycles. The minimum Gasteiger partial charge on any atom is -0.393 e. The fourth-order valence-corrected chi connectivity index (χ4v) is 4.50. The Morgan fingerprint density at radius 1 is 0.867 bits per heavy atom. The number of hydrogen-bond donors (Lipinski definition) is 2. The van der Waals surface area contributed by atoms with Gasteiger partial charge in [0.25, 0.3) is 0 Å². The standard InChI is InChI=1S/C27H38O3/c1-21(11-7-8-12-22(2)15-10-18-28)13-9-14-23(3)16-17-27-25(4,5)19-24(29)20-26(27,6)30-27/h7-17,24,28-29H,18-20H2,1-6H3. The van der Waals surface area contributed by atoms with E-state index in [1.165, 1.54) is 0 Å². The second kappa shape index (κ2) is 9.91. The first-order valence-electron chi connectivity index (χ1n) is 10.8. The number of aliphatic hydroxyl groups is 2. The molecule has 0 aromatic rings. The number of rotatable bonds is 8. The molecule has 0 aromatic carbocycles. The van der Waals surface area contributed by atoms with Gasteiger partial charge in [-0.25, -0.2) is 0 Å². The van der Waals surface area contributed by atoms with Gasteiger partial charge in [0.1, 0.15) is 11.2 Å². The molecule has 3 atom stereocenters. The quantitative estimate of drug-likeness (QED) is 0.396. The molecule has 1 saturated heterocycles. The Bertz CT molecular complexity index is 819. The predicted molar refractivity (Wildman–Crippen MR) is 126 cm³/mol. The van der Waals surface area contributed by atoms with E-state index in [0.29, 0.717) is 6.42 Å². The molecule has 0 bridgehead atoms. The van der Waals surface area contributed by atoms with Crippen molar-refractivity contribution in [3.63, 3.8) is 0 Å². The van der Waals surface area contributed by atoms with Gasteiger partial charge in [-0.05, 0) is 40.2 Å². The van der Waals surface area contributed by atoms with Crippen LogP contribution in [0.2, 0.25) is 0 Å². The molecular weight excluding hydrogens is 372 g/mol. The van der Waals surface area contributed by atoms with Crippen LogP contribution in [0, 0.1) is 5.41 Å². The van der Waals surface area contributed by atoms with Crippen LogP contribution in [0.25, 0.3) is 0 Å². The lowest BCUT2D eigenvalue weighted by atomic mass is 9.63. The maximum Gasteiger partial charge on any atom is 0.121 e. The zero-order chi connectivity index (χ0) is 22.4. The minimum absolute atomic E-state index is 0.0645. The lowest BCUT2D eigenvalue weighted by Gasteiger charge is -2.39. The van der Waals surface area contributed by atoms with Crippen LogP contribution in [0.5, 0.6) is 0 Å². The van der Waals surface area contributed by atoms with E-state index in [0.717, 1.165) is 23.1 Å². The fraction of sp³-hybridized carbons (Fsp3) is 0.481. The second-order valence-corrected chi connectivity index (χ2v) is 9.41. The SMILES string of the molecule is CC(C=CC=C(C)C=CC12OC1(C)CC(O)CC2(C)C)=CC=CC=C(C)C=CCO. The maximum absolute atomic E-state index is 10.2. The van der Waals surface area contributed by atoms with Crippen molar-refractivity contribution in [2.75, 3.05) is 6.61 Å². The molecule has 1 saturated carbocycles. The van der Waals surface area contributed by atoms with Crippen molar-refractivity contribution >= 4 is 0 Å². The monoisotopic (exact) mass is 410 g/mol. The Labute approximate surface area is 182 Å². The molecular formula is C27H38O3. The molecule has 1 aliphatic heterocycles. The van der Waals surface area contributed by atoms with Gasteiger partial charge in [0, 0.05) is 11.8 Å². The van der Waals surface area contributed by atoms with E-state index in [-0.39, 0.29) is 29.3 Å². The first-order chi connectivity index (χ1) is 14.1. The van der Waals surface area contributed by atoms with Crippen molar-refractivity contribution in [1.29, 1.82) is 0 Å². The van der Waals surface area contributed by atoms with E-state index in [1.807, 2.05) is 31.2 Å². The molecule has 3 heteroatoms. The zero-order valence-electron chi connectivity index (χ0n) is 19.4. The molecule has 30 heavy (non-hydrogen) atoms. The third kappa shape index (κ3) is 5.81. The molecule has 3 nitrogen and oxygen atoms in total. The summed E-state index contributed by atoms with van der Waals surface area (Å²) in [5.74, 6) is 0. The third-order valence-electron chi connectivity index (χ3n) is 6.12. The van der Waals surface area contributed by atoms with Crippen LogP contribution in [0.15, 0.2) is 83.6 Å². The van der Waals surface area contributed by atoms with E-state index in [2.05, 4.69) is 71.1 Å². The summed E-state index contributed by atoms with van der Waals surface area (Å²) >= 11 is 0. The van der Waals surface area contributed by atoms with Gasteiger partial charge < -0.3 is 14.9 Å². The van der Waals surface area contributed by atoms with E-state index < -0.39 is 0 Å². The van der Waals surface area contributed by atoms with E-state index in [4.69, 9.17) is 9.84 Å². The van der Waals surface area contributed by atoms with Gasteiger partial charge in [-0.1, -0.05) is 91.3 Å². The molecule has 0 spiro atoms. The molecule has 1 aliphatic carbocycles. The van der Waals surface area contributed by atoms with Crippen LogP contribution in [-0.4, -0.2) is 34.1 Å². The Hall–Kier alpha value is -1.94. The highest BCUT2D eigenvalue weighted by atomic mass is 16.6. The predicted octanol–water partition coefficient (Wildman–Crippen LogP) is 5.75. The summed E-state index contributed by atoms with van der Waals surface area (Å²) in [6.45, 7) is 12.7. The molecule has 3 unspecified atom stereocenters. The summed E-state index contributed by atoms with van der Waals surface area (Å²) in [6.07, 6.45) is 23.5. The third-order valence-corrected chi connectivity index (χ3v) is 6.12. The van der Waals surface area contributed by atoms with E-state index >= 15 is 0 Å². The largest absolute Gasteiger partial charge is 0.393 e. The lowest BCUT2D eigenvalue weighted by Crippen LogP contribution is -2.46. The summed E-state index contributed by atoms with van der Waals surface area (Å²) in [5, 5.41) is 18.9. The van der Waals surface area contributed by atoms with Gasteiger partial charge in [0.05, 0.1) is 12.7 Å². The first kappa shape index (κ1) is 24.3. The smallest absolute Gasteiger partial charge is 0.121 e. The van der Waals surface area contributed by atoms with Crippen LogP contribution in [0.4, 0.5) is 0 Å².